The number of allylic oxidation sites excluding steroid dienone is 1. The first kappa shape index (κ1) is 24.8. The van der Waals surface area contributed by atoms with E-state index in [1.54, 1.807) is 43.5 Å². The van der Waals surface area contributed by atoms with Crippen LogP contribution >= 0.6 is 0 Å². The molecule has 4 rings (SSSR count). The molecule has 2 aliphatic rings. The summed E-state index contributed by atoms with van der Waals surface area (Å²) < 4.78 is 25.0. The summed E-state index contributed by atoms with van der Waals surface area (Å²) in [5.74, 6) is -0.112. The zero-order valence-corrected chi connectivity index (χ0v) is 19.9. The summed E-state index contributed by atoms with van der Waals surface area (Å²) in [6.07, 6.45) is 5.12. The first-order chi connectivity index (χ1) is 17.4. The van der Waals surface area contributed by atoms with Crippen molar-refractivity contribution in [3.8, 4) is 11.5 Å². The fourth-order valence-electron chi connectivity index (χ4n) is 4.01. The van der Waals surface area contributed by atoms with Crippen molar-refractivity contribution in [1.82, 2.24) is 10.2 Å². The molecule has 0 radical (unpaired) electrons. The van der Waals surface area contributed by atoms with E-state index < -0.39 is 23.9 Å². The largest absolute Gasteiger partial charge is 0.501 e. The van der Waals surface area contributed by atoms with E-state index in [9.17, 15) is 18.8 Å². The average molecular weight is 494 g/mol. The molecular weight excluding hydrogens is 467 g/mol. The second-order valence-electron chi connectivity index (χ2n) is 8.19. The SMILES string of the molecule is COc1ccc(CCN2C(=O)C3N=CC=CC3=[N+](CC(=O)NCc3ccc(F)cc3)C2=O)cc1OC. The summed E-state index contributed by atoms with van der Waals surface area (Å²) in [6, 6.07) is 9.64. The summed E-state index contributed by atoms with van der Waals surface area (Å²) in [7, 11) is 3.07. The van der Waals surface area contributed by atoms with Gasteiger partial charge in [-0.05, 0) is 47.5 Å². The molecule has 1 atom stereocenters. The van der Waals surface area contributed by atoms with Crippen LogP contribution in [0.5, 0.6) is 11.5 Å². The van der Waals surface area contributed by atoms with Crippen molar-refractivity contribution < 1.29 is 32.8 Å². The second kappa shape index (κ2) is 10.9. The Morgan fingerprint density at radius 1 is 1.08 bits per heavy atom. The van der Waals surface area contributed by atoms with Gasteiger partial charge in [-0.15, -0.1) is 0 Å². The lowest BCUT2D eigenvalue weighted by molar-refractivity contribution is -0.427. The van der Waals surface area contributed by atoms with E-state index in [0.717, 1.165) is 10.5 Å². The second-order valence-corrected chi connectivity index (χ2v) is 8.19. The molecule has 0 saturated carbocycles. The minimum atomic E-state index is -0.900. The molecule has 0 fully saturated rings. The minimum absolute atomic E-state index is 0.101. The smallest absolute Gasteiger partial charge is 0.493 e. The fraction of sp³-hybridized carbons (Fsp3) is 0.269. The Kier molecular flexibility index (Phi) is 7.53. The van der Waals surface area contributed by atoms with E-state index in [4.69, 9.17) is 9.47 Å². The Labute approximate surface area is 207 Å². The molecule has 2 aromatic rings. The van der Waals surface area contributed by atoms with Crippen LogP contribution in [0.1, 0.15) is 11.1 Å². The molecule has 9 nitrogen and oxygen atoms in total. The lowest BCUT2D eigenvalue weighted by Gasteiger charge is -2.26. The number of nitrogens with one attached hydrogen (secondary N) is 1. The number of hydrogen-bond donors (Lipinski definition) is 1. The summed E-state index contributed by atoms with van der Waals surface area (Å²) >= 11 is 0. The third-order valence-electron chi connectivity index (χ3n) is 5.92. The van der Waals surface area contributed by atoms with Gasteiger partial charge >= 0.3 is 11.9 Å². The standard InChI is InChI=1S/C26H25FN4O5/c1-35-21-10-7-17(14-22(21)36-2)11-13-30-25(33)24-20(4-3-12-28-24)31(26(30)34)16-23(32)29-15-18-5-8-19(27)9-6-18/h3-10,12,14,24H,11,13,15-16H2,1-2H3/p+1. The topological polar surface area (TPSA) is 100 Å². The molecule has 186 valence electrons. The molecule has 1 unspecified atom stereocenters. The fourth-order valence-corrected chi connectivity index (χ4v) is 4.01. The van der Waals surface area contributed by atoms with Crippen LogP contribution in [0.25, 0.3) is 0 Å². The maximum Gasteiger partial charge on any atom is 0.501 e. The number of carbonyl (C=O) groups is 3. The van der Waals surface area contributed by atoms with Crippen molar-refractivity contribution in [2.75, 3.05) is 27.3 Å². The van der Waals surface area contributed by atoms with Gasteiger partial charge in [-0.3, -0.25) is 9.79 Å². The molecule has 0 saturated heterocycles. The van der Waals surface area contributed by atoms with Crippen molar-refractivity contribution in [3.05, 3.63) is 71.6 Å². The predicted molar refractivity (Wildman–Crippen MR) is 130 cm³/mol. The van der Waals surface area contributed by atoms with Gasteiger partial charge in [0.25, 0.3) is 5.91 Å². The molecule has 2 aromatic carbocycles. The number of rotatable bonds is 9. The summed E-state index contributed by atoms with van der Waals surface area (Å²) in [4.78, 5) is 44.5. The quantitative estimate of drug-likeness (QED) is 0.540. The van der Waals surface area contributed by atoms with E-state index in [1.807, 2.05) is 6.07 Å². The van der Waals surface area contributed by atoms with Gasteiger partial charge in [-0.1, -0.05) is 18.2 Å². The lowest BCUT2D eigenvalue weighted by Crippen LogP contribution is -2.58. The van der Waals surface area contributed by atoms with E-state index in [-0.39, 0.29) is 25.5 Å². The molecule has 36 heavy (non-hydrogen) atoms. The van der Waals surface area contributed by atoms with Crippen molar-refractivity contribution in [2.45, 2.75) is 19.0 Å². The third-order valence-corrected chi connectivity index (χ3v) is 5.92. The van der Waals surface area contributed by atoms with Gasteiger partial charge in [0.05, 0.1) is 14.2 Å². The van der Waals surface area contributed by atoms with Crippen molar-refractivity contribution in [3.63, 3.8) is 0 Å². The number of halogens is 1. The molecule has 0 aliphatic carbocycles. The van der Waals surface area contributed by atoms with Gasteiger partial charge in [0.1, 0.15) is 18.1 Å². The van der Waals surface area contributed by atoms with E-state index in [2.05, 4.69) is 10.3 Å². The highest BCUT2D eigenvalue weighted by Crippen LogP contribution is 2.28. The number of amides is 4. The van der Waals surface area contributed by atoms with E-state index >= 15 is 0 Å². The zero-order chi connectivity index (χ0) is 25.7. The highest BCUT2D eigenvalue weighted by atomic mass is 19.1. The molecule has 0 spiro atoms. The van der Waals surface area contributed by atoms with Gasteiger partial charge in [0.15, 0.2) is 18.0 Å². The third kappa shape index (κ3) is 5.32. The Bertz CT molecular complexity index is 1270. The Hall–Kier alpha value is -4.34. The molecule has 0 aromatic heterocycles. The first-order valence-electron chi connectivity index (χ1n) is 11.3. The van der Waals surface area contributed by atoms with Crippen LogP contribution in [0, 0.1) is 5.82 Å². The van der Waals surface area contributed by atoms with Crippen LogP contribution in [-0.2, 0) is 22.6 Å². The van der Waals surface area contributed by atoms with Crippen molar-refractivity contribution >= 4 is 29.8 Å². The maximum atomic E-state index is 13.3. The normalized spacial score (nSPS) is 16.8. The molecule has 0 bridgehead atoms. The van der Waals surface area contributed by atoms with Crippen LogP contribution in [0.15, 0.2) is 59.6 Å². The average Bonchev–Trinajstić information content (AvgIpc) is 2.90. The van der Waals surface area contributed by atoms with Crippen LogP contribution in [0.3, 0.4) is 0 Å². The molecule has 10 heteroatoms. The van der Waals surface area contributed by atoms with Gasteiger partial charge in [-0.25, -0.2) is 9.18 Å². The number of carbonyl (C=O) groups excluding carboxylic acids is 3. The van der Waals surface area contributed by atoms with Gasteiger partial charge in [-0.2, -0.15) is 14.3 Å². The highest BCUT2D eigenvalue weighted by Gasteiger charge is 2.48. The number of urea groups is 1. The number of hydrogen-bond acceptors (Lipinski definition) is 6. The number of methoxy groups -OCH3 is 2. The van der Waals surface area contributed by atoms with Gasteiger partial charge in [0, 0.05) is 19.2 Å². The number of imide groups is 1. The number of dihydropyridines is 1. The monoisotopic (exact) mass is 493 g/mol. The van der Waals surface area contributed by atoms with Crippen LogP contribution in [0.2, 0.25) is 0 Å². The number of nitrogens with zero attached hydrogens (tertiary/aromatic N) is 3. The van der Waals surface area contributed by atoms with Gasteiger partial charge in [0.2, 0.25) is 6.04 Å². The molecule has 4 amide bonds. The summed E-state index contributed by atoms with van der Waals surface area (Å²) in [5, 5.41) is 2.73. The van der Waals surface area contributed by atoms with E-state index in [0.29, 0.717) is 29.2 Å². The Morgan fingerprint density at radius 3 is 2.53 bits per heavy atom. The van der Waals surface area contributed by atoms with Crippen LogP contribution < -0.4 is 14.8 Å². The number of benzene rings is 2. The Morgan fingerprint density at radius 2 is 1.81 bits per heavy atom. The van der Waals surface area contributed by atoms with Crippen molar-refractivity contribution in [1.29, 1.82) is 0 Å². The lowest BCUT2D eigenvalue weighted by atomic mass is 10.0. The first-order valence-corrected chi connectivity index (χ1v) is 11.3. The number of aliphatic imine (C=N–C) groups is 1. The van der Waals surface area contributed by atoms with Crippen LogP contribution in [-0.4, -0.2) is 72.6 Å². The van der Waals surface area contributed by atoms with Gasteiger partial charge < -0.3 is 14.8 Å². The zero-order valence-electron chi connectivity index (χ0n) is 19.9. The Balaban J connectivity index is 1.49. The van der Waals surface area contributed by atoms with Crippen molar-refractivity contribution in [2.24, 2.45) is 4.99 Å². The summed E-state index contributed by atoms with van der Waals surface area (Å²) in [6.45, 7) is -0.00837. The molecule has 2 heterocycles. The molecule has 2 aliphatic heterocycles. The molecular formula is C26H26FN4O5+. The molecule has 1 N–H and O–H groups in total. The number of ether oxygens (including phenoxy) is 2. The van der Waals surface area contributed by atoms with Crippen LogP contribution in [0.4, 0.5) is 9.18 Å². The summed E-state index contributed by atoms with van der Waals surface area (Å²) in [5.41, 5.74) is 1.92. The maximum absolute atomic E-state index is 13.3. The number of fused-ring (bicyclic) bond motifs is 1. The highest BCUT2D eigenvalue weighted by molar-refractivity contribution is 6.20. The predicted octanol–water partition coefficient (Wildman–Crippen LogP) is 2.13. The minimum Gasteiger partial charge on any atom is -0.493 e. The van der Waals surface area contributed by atoms with E-state index in [1.165, 1.54) is 30.0 Å².